The van der Waals surface area contributed by atoms with E-state index >= 15 is 0 Å². The van der Waals surface area contributed by atoms with Gasteiger partial charge >= 0.3 is 96.2 Å². The quantitative estimate of drug-likeness (QED) is 0.218. The molecule has 0 atom stereocenters. The zero-order valence-electron chi connectivity index (χ0n) is 4.17. The molecule has 0 amide bonds. The summed E-state index contributed by atoms with van der Waals surface area (Å²) >= 11 is 0. The van der Waals surface area contributed by atoms with Gasteiger partial charge in [-0.1, -0.05) is 0 Å². The zero-order valence-corrected chi connectivity index (χ0v) is 19.7. The average molecular weight is 581 g/mol. The van der Waals surface area contributed by atoms with Crippen molar-refractivity contribution >= 4 is 27.3 Å². The van der Waals surface area contributed by atoms with E-state index in [1.54, 1.807) is 7.05 Å². The van der Waals surface area contributed by atoms with E-state index in [4.69, 9.17) is 0 Å². The van der Waals surface area contributed by atoms with Crippen LogP contribution in [0.3, 0.4) is 0 Å². The van der Waals surface area contributed by atoms with Crippen molar-refractivity contribution in [1.82, 2.24) is 0 Å². The summed E-state index contributed by atoms with van der Waals surface area (Å²) in [5.74, 6) is 0. The molecule has 3 N–H and O–H groups in total. The van der Waals surface area contributed by atoms with Crippen molar-refractivity contribution in [2.45, 2.75) is 0 Å². The van der Waals surface area contributed by atoms with Gasteiger partial charge in [-0.05, 0) is 0 Å². The molecule has 2 radical (unpaired) electrons. The van der Waals surface area contributed by atoms with E-state index in [1.807, 2.05) is 0 Å². The Morgan fingerprint density at radius 1 is 1.17 bits per heavy atom. The fourth-order valence-electron chi connectivity index (χ4n) is 0. The van der Waals surface area contributed by atoms with E-state index in [2.05, 4.69) is 5.73 Å². The third kappa shape index (κ3) is 24.2. The summed E-state index contributed by atoms with van der Waals surface area (Å²) in [6.45, 7) is 0. The standard InChI is InChI=1S/CH5N.BrH.Cs.HI.Pb.2H/c1-2;;;;;;/h2H2,1H3;1H;;1H;;;/q;;+1;;;;/p-1. The van der Waals surface area contributed by atoms with Crippen molar-refractivity contribution in [1.29, 1.82) is 0 Å². The van der Waals surface area contributed by atoms with Gasteiger partial charge in [0.15, 0.2) is 0 Å². The Labute approximate surface area is 145 Å². The van der Waals surface area contributed by atoms with Crippen LogP contribution in [0.25, 0.3) is 0 Å². The summed E-state index contributed by atoms with van der Waals surface area (Å²) in [5, 5.41) is 0. The molecule has 0 aromatic carbocycles. The number of rotatable bonds is 0. The molecule has 0 spiro atoms. The molecule has 0 unspecified atom stereocenters. The summed E-state index contributed by atoms with van der Waals surface area (Å²) in [4.78, 5) is 0. The molecule has 0 saturated carbocycles. The molecule has 0 aliphatic heterocycles. The van der Waals surface area contributed by atoms with Gasteiger partial charge in [0.2, 0.25) is 0 Å². The fraction of sp³-hybridized carbons (Fsp3) is 1.00. The van der Waals surface area contributed by atoms with Crippen LogP contribution in [0, 0.1) is 0 Å². The van der Waals surface area contributed by atoms with Crippen LogP contribution in [-0.2, 0) is 0 Å². The van der Waals surface area contributed by atoms with Crippen LogP contribution < -0.4 is 116 Å². The number of halogens is 2. The Balaban J connectivity index is -0.000000000833. The van der Waals surface area contributed by atoms with E-state index in [9.17, 15) is 0 Å². The van der Waals surface area contributed by atoms with E-state index in [-0.39, 0.29) is 137 Å². The second-order valence-electron chi connectivity index (χ2n) is 0. The monoisotopic (exact) mass is 581 g/mol. The van der Waals surface area contributed by atoms with Gasteiger partial charge < -0.3 is 46.7 Å². The second-order valence-corrected chi connectivity index (χ2v) is 0. The third-order valence-corrected chi connectivity index (χ3v) is 0. The first kappa shape index (κ1) is 32.1. The van der Waals surface area contributed by atoms with Gasteiger partial charge in [0.05, 0.1) is 7.05 Å². The molecular weight excluding hydrogens is 573 g/mol. The number of hydrogen-bond donors (Lipinski definition) is 1. The van der Waals surface area contributed by atoms with E-state index in [1.165, 1.54) is 0 Å². The van der Waals surface area contributed by atoms with Gasteiger partial charge in [0.1, 0.15) is 0 Å². The van der Waals surface area contributed by atoms with Crippen molar-refractivity contribution in [3.8, 4) is 0 Å². The molecule has 36 valence electrons. The molecule has 0 saturated heterocycles. The second kappa shape index (κ2) is 35.3. The SMILES string of the molecule is C[NH3+].[Br-].[Cs+].[I-].[PbH2]. The first-order valence-corrected chi connectivity index (χ1v) is 0.707. The van der Waals surface area contributed by atoms with E-state index in [0.717, 1.165) is 0 Å². The van der Waals surface area contributed by atoms with Crippen LogP contribution in [0.4, 0.5) is 0 Å². The van der Waals surface area contributed by atoms with Crippen molar-refractivity contribution in [3.05, 3.63) is 0 Å². The van der Waals surface area contributed by atoms with Gasteiger partial charge in [-0.25, -0.2) is 0 Å². The summed E-state index contributed by atoms with van der Waals surface area (Å²) in [6, 6.07) is 0. The van der Waals surface area contributed by atoms with Crippen molar-refractivity contribution in [2.24, 2.45) is 0 Å². The Morgan fingerprint density at radius 2 is 1.17 bits per heavy atom. The minimum absolute atomic E-state index is 0. The molecule has 0 bridgehead atoms. The molecule has 0 heterocycles. The normalized spacial score (nSPS) is 1.00. The zero-order chi connectivity index (χ0) is 2.00. The minimum atomic E-state index is 0. The Morgan fingerprint density at radius 3 is 1.17 bits per heavy atom. The third-order valence-electron chi connectivity index (χ3n) is 0. The molecule has 1 nitrogen and oxygen atoms in total. The van der Waals surface area contributed by atoms with Crippen molar-refractivity contribution in [2.75, 3.05) is 7.05 Å². The molecule has 0 fully saturated rings. The van der Waals surface area contributed by atoms with E-state index < -0.39 is 0 Å². The molecule has 0 aromatic rings. The molecule has 0 rings (SSSR count). The average Bonchev–Trinajstić information content (AvgIpc) is 1.00. The van der Waals surface area contributed by atoms with Gasteiger partial charge in [-0.15, -0.1) is 0 Å². The predicted octanol–water partition coefficient (Wildman–Crippen LogP) is -11.0. The maximum absolute atomic E-state index is 3.25. The fourth-order valence-corrected chi connectivity index (χ4v) is 0. The van der Waals surface area contributed by atoms with Crippen LogP contribution in [0.15, 0.2) is 0 Å². The Hall–Kier alpha value is 4.14. The summed E-state index contributed by atoms with van der Waals surface area (Å²) in [7, 11) is 1.75. The Kier molecular flexibility index (Phi) is 189. The summed E-state index contributed by atoms with van der Waals surface area (Å²) < 4.78 is 0. The van der Waals surface area contributed by atoms with Crippen LogP contribution in [-0.4, -0.2) is 34.3 Å². The van der Waals surface area contributed by atoms with Crippen molar-refractivity contribution < 1.29 is 116 Å². The van der Waals surface area contributed by atoms with Crippen molar-refractivity contribution in [3.63, 3.8) is 0 Å². The predicted molar refractivity (Wildman–Crippen MR) is 17.4 cm³/mol. The molecule has 6 heavy (non-hydrogen) atoms. The Bertz CT molecular complexity index is 15.5. The molecule has 0 aliphatic rings. The van der Waals surface area contributed by atoms with Gasteiger partial charge in [0.25, 0.3) is 0 Å². The van der Waals surface area contributed by atoms with Crippen LogP contribution >= 0.6 is 0 Å². The van der Waals surface area contributed by atoms with Gasteiger partial charge in [-0.2, -0.15) is 0 Å². The first-order chi connectivity index (χ1) is 1.00. The van der Waals surface area contributed by atoms with Gasteiger partial charge in [-0.3, -0.25) is 0 Å². The summed E-state index contributed by atoms with van der Waals surface area (Å²) in [6.07, 6.45) is 0. The molecular formula is CH8BrCsINPb. The molecule has 5 heteroatoms. The first-order valence-electron chi connectivity index (χ1n) is 0.707. The van der Waals surface area contributed by atoms with Crippen LogP contribution in [0.5, 0.6) is 0 Å². The van der Waals surface area contributed by atoms with Crippen LogP contribution in [0.2, 0.25) is 0 Å². The van der Waals surface area contributed by atoms with E-state index in [0.29, 0.717) is 0 Å². The maximum atomic E-state index is 3.25. The summed E-state index contributed by atoms with van der Waals surface area (Å²) in [5.41, 5.74) is 3.25. The van der Waals surface area contributed by atoms with Crippen LogP contribution in [0.1, 0.15) is 0 Å². The number of quaternary nitrogens is 1. The topological polar surface area (TPSA) is 27.6 Å². The number of hydrogen-bond acceptors (Lipinski definition) is 0. The molecule has 0 aromatic heterocycles. The van der Waals surface area contributed by atoms with Gasteiger partial charge in [0, 0.05) is 0 Å². The molecule has 0 aliphatic carbocycles.